The Morgan fingerprint density at radius 1 is 1.26 bits per heavy atom. The number of carbonyl (C=O) groups excluding carboxylic acids is 1. The largest absolute Gasteiger partial charge is 0.481 e. The number of carbonyl (C=O) groups is 2. The minimum Gasteiger partial charge on any atom is -0.481 e. The third kappa shape index (κ3) is 4.42. The Hall–Kier alpha value is -2.63. The van der Waals surface area contributed by atoms with Crippen LogP contribution in [0.3, 0.4) is 0 Å². The van der Waals surface area contributed by atoms with Crippen LogP contribution in [0.15, 0.2) is 41.3 Å². The molecule has 6 nitrogen and oxygen atoms in total. The second-order valence-electron chi connectivity index (χ2n) is 6.37. The van der Waals surface area contributed by atoms with E-state index in [1.165, 1.54) is 6.26 Å². The fraction of sp³-hybridized carbons (Fsp3) is 0.353. The van der Waals surface area contributed by atoms with Crippen LogP contribution in [0.25, 0.3) is 0 Å². The Labute approximate surface area is 134 Å². The second-order valence-corrected chi connectivity index (χ2v) is 6.37. The van der Waals surface area contributed by atoms with Crippen molar-refractivity contribution in [2.45, 2.75) is 38.6 Å². The summed E-state index contributed by atoms with van der Waals surface area (Å²) in [6, 6.07) is 6.96. The van der Waals surface area contributed by atoms with Crippen molar-refractivity contribution in [1.29, 1.82) is 0 Å². The van der Waals surface area contributed by atoms with Crippen LogP contribution in [0.5, 0.6) is 0 Å². The number of benzene rings is 1. The van der Waals surface area contributed by atoms with Gasteiger partial charge in [-0.25, -0.2) is 4.98 Å². The molecule has 0 aliphatic carbocycles. The molecule has 0 bridgehead atoms. The maximum absolute atomic E-state index is 12.1. The van der Waals surface area contributed by atoms with Crippen LogP contribution in [0, 0.1) is 0 Å². The molecule has 6 heteroatoms. The molecule has 0 saturated heterocycles. The number of aromatic nitrogens is 1. The van der Waals surface area contributed by atoms with Gasteiger partial charge in [-0.1, -0.05) is 45.0 Å². The van der Waals surface area contributed by atoms with Crippen LogP contribution in [-0.2, 0) is 10.2 Å². The van der Waals surface area contributed by atoms with Crippen molar-refractivity contribution in [2.75, 3.05) is 0 Å². The summed E-state index contributed by atoms with van der Waals surface area (Å²) in [7, 11) is 0. The average Bonchev–Trinajstić information content (AvgIpc) is 2.99. The highest BCUT2D eigenvalue weighted by Crippen LogP contribution is 2.25. The molecular formula is C17H20N2O4. The molecule has 122 valence electrons. The van der Waals surface area contributed by atoms with Gasteiger partial charge in [0.2, 0.25) is 0 Å². The predicted octanol–water partition coefficient (Wildman–Crippen LogP) is 2.92. The van der Waals surface area contributed by atoms with Crippen molar-refractivity contribution >= 4 is 11.9 Å². The summed E-state index contributed by atoms with van der Waals surface area (Å²) in [5, 5.41) is 11.8. The van der Waals surface area contributed by atoms with E-state index in [0.717, 1.165) is 17.5 Å². The lowest BCUT2D eigenvalue weighted by molar-refractivity contribution is -0.137. The number of rotatable bonds is 5. The first-order chi connectivity index (χ1) is 10.8. The summed E-state index contributed by atoms with van der Waals surface area (Å²) in [5.74, 6) is -1.46. The van der Waals surface area contributed by atoms with Crippen LogP contribution >= 0.6 is 0 Å². The number of oxazole rings is 1. The van der Waals surface area contributed by atoms with E-state index in [1.54, 1.807) is 0 Å². The van der Waals surface area contributed by atoms with E-state index in [9.17, 15) is 9.59 Å². The lowest BCUT2D eigenvalue weighted by Gasteiger charge is -2.21. The molecular weight excluding hydrogens is 296 g/mol. The van der Waals surface area contributed by atoms with Gasteiger partial charge in [0.05, 0.1) is 12.5 Å². The quantitative estimate of drug-likeness (QED) is 0.884. The number of aliphatic carboxylic acids is 1. The van der Waals surface area contributed by atoms with Crippen molar-refractivity contribution in [3.05, 3.63) is 53.7 Å². The maximum Gasteiger partial charge on any atom is 0.305 e. The summed E-state index contributed by atoms with van der Waals surface area (Å²) < 4.78 is 4.77. The van der Waals surface area contributed by atoms with Gasteiger partial charge in [-0.15, -0.1) is 0 Å². The van der Waals surface area contributed by atoms with E-state index in [4.69, 9.17) is 9.52 Å². The summed E-state index contributed by atoms with van der Waals surface area (Å²) >= 11 is 0. The third-order valence-corrected chi connectivity index (χ3v) is 3.53. The Kier molecular flexibility index (Phi) is 4.83. The van der Waals surface area contributed by atoms with Gasteiger partial charge in [0, 0.05) is 0 Å². The van der Waals surface area contributed by atoms with E-state index >= 15 is 0 Å². The number of nitrogens with one attached hydrogen (secondary N) is 1. The van der Waals surface area contributed by atoms with E-state index in [0.29, 0.717) is 0 Å². The highest BCUT2D eigenvalue weighted by Gasteiger charge is 2.21. The molecule has 0 fully saturated rings. The molecule has 2 N–H and O–H groups in total. The first-order valence-corrected chi connectivity index (χ1v) is 7.28. The third-order valence-electron chi connectivity index (χ3n) is 3.53. The first kappa shape index (κ1) is 16.7. The minimum atomic E-state index is -0.990. The molecule has 0 spiro atoms. The minimum absolute atomic E-state index is 0.00475. The number of carboxylic acids is 1. The van der Waals surface area contributed by atoms with Gasteiger partial charge in [0.15, 0.2) is 12.1 Å². The van der Waals surface area contributed by atoms with Crippen molar-refractivity contribution in [1.82, 2.24) is 10.3 Å². The van der Waals surface area contributed by atoms with E-state index in [1.807, 2.05) is 24.3 Å². The summed E-state index contributed by atoms with van der Waals surface area (Å²) in [4.78, 5) is 26.9. The SMILES string of the molecule is CC(C)(C)c1ccc(C(CC(=O)O)NC(=O)c2cocn2)cc1. The fourth-order valence-corrected chi connectivity index (χ4v) is 2.20. The Morgan fingerprint density at radius 3 is 2.39 bits per heavy atom. The molecule has 0 saturated carbocycles. The van der Waals surface area contributed by atoms with Crippen molar-refractivity contribution in [3.8, 4) is 0 Å². The molecule has 1 heterocycles. The molecule has 2 aromatic rings. The van der Waals surface area contributed by atoms with Crippen LogP contribution in [-0.4, -0.2) is 22.0 Å². The summed E-state index contributed by atoms with van der Waals surface area (Å²) in [6.07, 6.45) is 2.16. The number of carboxylic acid groups (broad SMARTS) is 1. The standard InChI is InChI=1S/C17H20N2O4/c1-17(2,3)12-6-4-11(5-7-12)13(8-15(20)21)19-16(22)14-9-23-10-18-14/h4-7,9-10,13H,8H2,1-3H3,(H,19,22)(H,20,21). The zero-order chi connectivity index (χ0) is 17.0. The molecule has 1 aromatic carbocycles. The molecule has 0 radical (unpaired) electrons. The molecule has 1 aromatic heterocycles. The van der Waals surface area contributed by atoms with Crippen molar-refractivity contribution in [3.63, 3.8) is 0 Å². The van der Waals surface area contributed by atoms with Gasteiger partial charge in [-0.05, 0) is 16.5 Å². The van der Waals surface area contributed by atoms with E-state index < -0.39 is 17.9 Å². The van der Waals surface area contributed by atoms with Crippen LogP contribution < -0.4 is 5.32 Å². The van der Waals surface area contributed by atoms with Gasteiger partial charge in [0.25, 0.3) is 5.91 Å². The number of amides is 1. The summed E-state index contributed by atoms with van der Waals surface area (Å²) in [6.45, 7) is 6.30. The fourth-order valence-electron chi connectivity index (χ4n) is 2.20. The van der Waals surface area contributed by atoms with E-state index in [2.05, 4.69) is 31.1 Å². The van der Waals surface area contributed by atoms with E-state index in [-0.39, 0.29) is 17.5 Å². The smallest absolute Gasteiger partial charge is 0.305 e. The maximum atomic E-state index is 12.1. The van der Waals surface area contributed by atoms with Gasteiger partial charge in [0.1, 0.15) is 6.26 Å². The van der Waals surface area contributed by atoms with Crippen LogP contribution in [0.4, 0.5) is 0 Å². The number of hydrogen-bond donors (Lipinski definition) is 2. The molecule has 0 aliphatic heterocycles. The normalized spacial score (nSPS) is 12.7. The van der Waals surface area contributed by atoms with Crippen LogP contribution in [0.1, 0.15) is 54.8 Å². The van der Waals surface area contributed by atoms with Gasteiger partial charge < -0.3 is 14.8 Å². The molecule has 2 rings (SSSR count). The predicted molar refractivity (Wildman–Crippen MR) is 84.1 cm³/mol. The summed E-state index contributed by atoms with van der Waals surface area (Å²) in [5.41, 5.74) is 1.99. The monoisotopic (exact) mass is 316 g/mol. The lowest BCUT2D eigenvalue weighted by atomic mass is 9.86. The molecule has 23 heavy (non-hydrogen) atoms. The average molecular weight is 316 g/mol. The number of nitrogens with zero attached hydrogens (tertiary/aromatic N) is 1. The topological polar surface area (TPSA) is 92.4 Å². The Morgan fingerprint density at radius 2 is 1.91 bits per heavy atom. The van der Waals surface area contributed by atoms with Gasteiger partial charge in [-0.3, -0.25) is 9.59 Å². The molecule has 0 aliphatic rings. The highest BCUT2D eigenvalue weighted by molar-refractivity contribution is 5.92. The zero-order valence-electron chi connectivity index (χ0n) is 13.4. The first-order valence-electron chi connectivity index (χ1n) is 7.28. The molecule has 1 atom stereocenters. The number of hydrogen-bond acceptors (Lipinski definition) is 4. The van der Waals surface area contributed by atoms with Crippen LogP contribution in [0.2, 0.25) is 0 Å². The van der Waals surface area contributed by atoms with Crippen molar-refractivity contribution in [2.24, 2.45) is 0 Å². The van der Waals surface area contributed by atoms with Gasteiger partial charge >= 0.3 is 5.97 Å². The second kappa shape index (κ2) is 6.64. The Bertz CT molecular complexity index is 670. The lowest BCUT2D eigenvalue weighted by Crippen LogP contribution is -2.30. The van der Waals surface area contributed by atoms with Gasteiger partial charge in [-0.2, -0.15) is 0 Å². The Balaban J connectivity index is 2.21. The zero-order valence-corrected chi connectivity index (χ0v) is 13.4. The van der Waals surface area contributed by atoms with Crippen molar-refractivity contribution < 1.29 is 19.1 Å². The molecule has 1 amide bonds. The molecule has 1 unspecified atom stereocenters. The highest BCUT2D eigenvalue weighted by atomic mass is 16.4.